The summed E-state index contributed by atoms with van der Waals surface area (Å²) in [6.45, 7) is 6.66. The molecule has 2 aromatic rings. The van der Waals surface area contributed by atoms with Crippen molar-refractivity contribution in [1.29, 1.82) is 5.26 Å². The van der Waals surface area contributed by atoms with Crippen LogP contribution < -0.4 is 10.1 Å². The average molecular weight is 338 g/mol. The molecule has 6 heteroatoms. The van der Waals surface area contributed by atoms with Crippen molar-refractivity contribution in [3.05, 3.63) is 52.8 Å². The summed E-state index contributed by atoms with van der Waals surface area (Å²) in [5.74, 6) is 0.510. The Morgan fingerprint density at radius 1 is 1.32 bits per heavy atom. The van der Waals surface area contributed by atoms with Gasteiger partial charge in [0, 0.05) is 18.4 Å². The highest BCUT2D eigenvalue weighted by Gasteiger charge is 2.12. The summed E-state index contributed by atoms with van der Waals surface area (Å²) in [7, 11) is 1.70. The molecule has 130 valence electrons. The molecule has 0 saturated heterocycles. The van der Waals surface area contributed by atoms with Gasteiger partial charge in [-0.05, 0) is 56.7 Å². The molecule has 0 atom stereocenters. The Balaban J connectivity index is 2.07. The smallest absolute Gasteiger partial charge is 0.321 e. The number of aromatic nitrogens is 1. The number of pyridine rings is 1. The normalized spacial score (nSPS) is 10.0. The summed E-state index contributed by atoms with van der Waals surface area (Å²) in [5.41, 5.74) is 3.80. The summed E-state index contributed by atoms with van der Waals surface area (Å²) < 4.78 is 5.38. The molecular weight excluding hydrogens is 316 g/mol. The summed E-state index contributed by atoms with van der Waals surface area (Å²) in [6, 6.07) is 10.8. The van der Waals surface area contributed by atoms with Crippen molar-refractivity contribution in [2.24, 2.45) is 0 Å². The quantitative estimate of drug-likeness (QED) is 0.903. The van der Waals surface area contributed by atoms with Gasteiger partial charge in [0.05, 0.1) is 24.4 Å². The summed E-state index contributed by atoms with van der Waals surface area (Å²) >= 11 is 0. The lowest BCUT2D eigenvalue weighted by atomic mass is 10.2. The number of carbonyl (C=O) groups excluding carboxylic acids is 1. The number of urea groups is 1. The van der Waals surface area contributed by atoms with Gasteiger partial charge in [0.1, 0.15) is 11.8 Å². The van der Waals surface area contributed by atoms with Gasteiger partial charge in [-0.3, -0.25) is 4.98 Å². The number of ether oxygens (including phenoxy) is 1. The van der Waals surface area contributed by atoms with Crippen molar-refractivity contribution in [2.45, 2.75) is 27.3 Å². The van der Waals surface area contributed by atoms with E-state index < -0.39 is 0 Å². The Labute approximate surface area is 148 Å². The molecule has 0 aliphatic rings. The monoisotopic (exact) mass is 338 g/mol. The number of amides is 2. The SMILES string of the molecule is CCOc1ccc(NC(=O)N(C)Cc2cc(C)cc(C)n2)cc1C#N. The molecular formula is C19H22N4O2. The van der Waals surface area contributed by atoms with Crippen LogP contribution in [0.3, 0.4) is 0 Å². The molecule has 0 aliphatic carbocycles. The second-order valence-electron chi connectivity index (χ2n) is 5.82. The molecule has 0 unspecified atom stereocenters. The van der Waals surface area contributed by atoms with Crippen LogP contribution in [0.4, 0.5) is 10.5 Å². The van der Waals surface area contributed by atoms with Crippen LogP contribution in [-0.2, 0) is 6.54 Å². The standard InChI is InChI=1S/C19H22N4O2/c1-5-25-18-7-6-16(10-15(18)11-20)22-19(24)23(4)12-17-9-13(2)8-14(3)21-17/h6-10H,5,12H2,1-4H3,(H,22,24). The number of carbonyl (C=O) groups is 1. The molecule has 1 aromatic carbocycles. The maximum atomic E-state index is 12.4. The van der Waals surface area contributed by atoms with Crippen LogP contribution in [0.2, 0.25) is 0 Å². The maximum Gasteiger partial charge on any atom is 0.321 e. The number of anilines is 1. The third kappa shape index (κ3) is 4.95. The zero-order valence-corrected chi connectivity index (χ0v) is 15.0. The van der Waals surface area contributed by atoms with Gasteiger partial charge in [-0.2, -0.15) is 5.26 Å². The molecule has 0 fully saturated rings. The highest BCUT2D eigenvalue weighted by atomic mass is 16.5. The summed E-state index contributed by atoms with van der Waals surface area (Å²) in [4.78, 5) is 18.4. The van der Waals surface area contributed by atoms with Crippen molar-refractivity contribution in [3.63, 3.8) is 0 Å². The van der Waals surface area contributed by atoms with Gasteiger partial charge in [0.15, 0.2) is 0 Å². The first-order valence-corrected chi connectivity index (χ1v) is 8.06. The van der Waals surface area contributed by atoms with Crippen molar-refractivity contribution < 1.29 is 9.53 Å². The third-order valence-corrected chi connectivity index (χ3v) is 3.55. The highest BCUT2D eigenvalue weighted by molar-refractivity contribution is 5.89. The highest BCUT2D eigenvalue weighted by Crippen LogP contribution is 2.22. The van der Waals surface area contributed by atoms with Gasteiger partial charge in [0.2, 0.25) is 0 Å². The van der Waals surface area contributed by atoms with Crippen LogP contribution in [0.1, 0.15) is 29.4 Å². The second-order valence-corrected chi connectivity index (χ2v) is 5.82. The van der Waals surface area contributed by atoms with Crippen molar-refractivity contribution >= 4 is 11.7 Å². The molecule has 0 aliphatic heterocycles. The van der Waals surface area contributed by atoms with Gasteiger partial charge in [-0.15, -0.1) is 0 Å². The van der Waals surface area contributed by atoms with E-state index in [4.69, 9.17) is 4.74 Å². The fourth-order valence-electron chi connectivity index (χ4n) is 2.52. The Hall–Kier alpha value is -3.07. The number of hydrogen-bond acceptors (Lipinski definition) is 4. The van der Waals surface area contributed by atoms with Crippen LogP contribution in [0.25, 0.3) is 0 Å². The number of benzene rings is 1. The van der Waals surface area contributed by atoms with Crippen molar-refractivity contribution in [1.82, 2.24) is 9.88 Å². The van der Waals surface area contributed by atoms with E-state index in [1.165, 1.54) is 0 Å². The molecule has 1 N–H and O–H groups in total. The number of hydrogen-bond donors (Lipinski definition) is 1. The van der Waals surface area contributed by atoms with Crippen molar-refractivity contribution in [2.75, 3.05) is 19.0 Å². The lowest BCUT2D eigenvalue weighted by Gasteiger charge is -2.18. The number of rotatable bonds is 5. The molecule has 2 amide bonds. The van der Waals surface area contributed by atoms with E-state index >= 15 is 0 Å². The van der Waals surface area contributed by atoms with E-state index in [1.54, 1.807) is 30.1 Å². The van der Waals surface area contributed by atoms with Crippen LogP contribution >= 0.6 is 0 Å². The van der Waals surface area contributed by atoms with Crippen molar-refractivity contribution in [3.8, 4) is 11.8 Å². The third-order valence-electron chi connectivity index (χ3n) is 3.55. The summed E-state index contributed by atoms with van der Waals surface area (Å²) in [6.07, 6.45) is 0. The van der Waals surface area contributed by atoms with Gasteiger partial charge >= 0.3 is 6.03 Å². The molecule has 0 radical (unpaired) electrons. The van der Waals surface area contributed by atoms with E-state index in [1.807, 2.05) is 32.9 Å². The van der Waals surface area contributed by atoms with E-state index in [9.17, 15) is 10.1 Å². The van der Waals surface area contributed by atoms with Crippen LogP contribution in [0, 0.1) is 25.2 Å². The zero-order valence-electron chi connectivity index (χ0n) is 15.0. The molecule has 2 rings (SSSR count). The maximum absolute atomic E-state index is 12.4. The van der Waals surface area contributed by atoms with Gasteiger partial charge in [-0.1, -0.05) is 0 Å². The fourth-order valence-corrected chi connectivity index (χ4v) is 2.52. The average Bonchev–Trinajstić information content (AvgIpc) is 2.55. The molecule has 1 heterocycles. The predicted molar refractivity (Wildman–Crippen MR) is 96.5 cm³/mol. The molecule has 1 aromatic heterocycles. The lowest BCUT2D eigenvalue weighted by molar-refractivity contribution is 0.220. The number of nitriles is 1. The van der Waals surface area contributed by atoms with Gasteiger partial charge in [-0.25, -0.2) is 4.79 Å². The molecule has 25 heavy (non-hydrogen) atoms. The first kappa shape index (κ1) is 18.3. The zero-order chi connectivity index (χ0) is 18.4. The molecule has 6 nitrogen and oxygen atoms in total. The topological polar surface area (TPSA) is 78.2 Å². The van der Waals surface area contributed by atoms with E-state index in [2.05, 4.69) is 16.4 Å². The van der Waals surface area contributed by atoms with E-state index in [0.717, 1.165) is 17.0 Å². The largest absolute Gasteiger partial charge is 0.492 e. The van der Waals surface area contributed by atoms with E-state index in [-0.39, 0.29) is 6.03 Å². The number of aryl methyl sites for hydroxylation is 2. The Morgan fingerprint density at radius 3 is 2.72 bits per heavy atom. The fraction of sp³-hybridized carbons (Fsp3) is 0.316. The predicted octanol–water partition coefficient (Wildman–Crippen LogP) is 3.63. The Morgan fingerprint density at radius 2 is 2.08 bits per heavy atom. The molecule has 0 spiro atoms. The van der Waals surface area contributed by atoms with Crippen LogP contribution in [-0.4, -0.2) is 29.6 Å². The van der Waals surface area contributed by atoms with Gasteiger partial charge < -0.3 is 15.0 Å². The first-order chi connectivity index (χ1) is 11.9. The minimum atomic E-state index is -0.269. The minimum Gasteiger partial charge on any atom is -0.492 e. The number of nitrogens with zero attached hydrogens (tertiary/aromatic N) is 3. The molecule has 0 saturated carbocycles. The minimum absolute atomic E-state index is 0.269. The summed E-state index contributed by atoms with van der Waals surface area (Å²) in [5, 5.41) is 12.0. The molecule has 0 bridgehead atoms. The van der Waals surface area contributed by atoms with E-state index in [0.29, 0.717) is 30.2 Å². The first-order valence-electron chi connectivity index (χ1n) is 8.06. The lowest BCUT2D eigenvalue weighted by Crippen LogP contribution is -2.31. The Kier molecular flexibility index (Phi) is 5.96. The Bertz CT molecular complexity index is 791. The second kappa shape index (κ2) is 8.15. The van der Waals surface area contributed by atoms with Crippen LogP contribution in [0.5, 0.6) is 5.75 Å². The number of nitrogens with one attached hydrogen (secondary N) is 1. The van der Waals surface area contributed by atoms with Gasteiger partial charge in [0.25, 0.3) is 0 Å². The van der Waals surface area contributed by atoms with Crippen LogP contribution in [0.15, 0.2) is 30.3 Å².